The molecule has 0 bridgehead atoms. The summed E-state index contributed by atoms with van der Waals surface area (Å²) in [6.07, 6.45) is 1.54. The Hall–Kier alpha value is -2.56. The molecule has 0 unspecified atom stereocenters. The van der Waals surface area contributed by atoms with Gasteiger partial charge in [-0.15, -0.1) is 0 Å². The lowest BCUT2D eigenvalue weighted by molar-refractivity contribution is 0.606. The summed E-state index contributed by atoms with van der Waals surface area (Å²) in [7, 11) is 0. The van der Waals surface area contributed by atoms with Crippen molar-refractivity contribution in [3.8, 4) is 22.4 Å². The van der Waals surface area contributed by atoms with Gasteiger partial charge in [0, 0.05) is 34.4 Å². The van der Waals surface area contributed by atoms with Crippen LogP contribution < -0.4 is 5.56 Å². The monoisotopic (exact) mass is 383 g/mol. The van der Waals surface area contributed by atoms with Crippen molar-refractivity contribution >= 4 is 28.8 Å². The number of halogens is 2. The molecule has 4 aromatic rings. The van der Waals surface area contributed by atoms with Gasteiger partial charge in [-0.2, -0.15) is 4.52 Å². The summed E-state index contributed by atoms with van der Waals surface area (Å²) in [6.45, 7) is 2.58. The highest BCUT2D eigenvalue weighted by atomic mass is 35.5. The maximum atomic E-state index is 12.6. The van der Waals surface area contributed by atoms with Gasteiger partial charge >= 0.3 is 0 Å². The number of hydrogen-bond acceptors (Lipinski definition) is 2. The van der Waals surface area contributed by atoms with Gasteiger partial charge in [-0.1, -0.05) is 53.5 Å². The number of nitrogens with zero attached hydrogens (tertiary/aromatic N) is 3. The maximum absolute atomic E-state index is 12.6. The minimum atomic E-state index is -0.134. The Morgan fingerprint density at radius 1 is 1.00 bits per heavy atom. The summed E-state index contributed by atoms with van der Waals surface area (Å²) in [4.78, 5) is 17.1. The summed E-state index contributed by atoms with van der Waals surface area (Å²) in [6, 6.07) is 16.6. The zero-order valence-corrected chi connectivity index (χ0v) is 15.5. The summed E-state index contributed by atoms with van der Waals surface area (Å²) in [5.74, 6) is 0. The number of benzene rings is 2. The smallest absolute Gasteiger partial charge is 0.272 e. The van der Waals surface area contributed by atoms with Crippen molar-refractivity contribution in [3.63, 3.8) is 0 Å². The molecule has 0 radical (unpaired) electrons. The van der Waals surface area contributed by atoms with E-state index in [1.54, 1.807) is 4.52 Å². The van der Waals surface area contributed by atoms with Crippen molar-refractivity contribution < 1.29 is 0 Å². The van der Waals surface area contributed by atoms with Gasteiger partial charge in [-0.05, 0) is 30.7 Å². The third kappa shape index (κ3) is 2.62. The summed E-state index contributed by atoms with van der Waals surface area (Å²) >= 11 is 12.6. The molecule has 0 spiro atoms. The molecule has 0 saturated carbocycles. The van der Waals surface area contributed by atoms with Gasteiger partial charge in [-0.25, -0.2) is 4.98 Å². The SMILES string of the molecule is CCn1c(-c2ccccc2Cl)c(-c2ccc(Cl)cc2)c2nccc(=O)n21. The van der Waals surface area contributed by atoms with Crippen LogP contribution in [-0.4, -0.2) is 14.2 Å². The molecule has 0 aliphatic rings. The first-order valence-corrected chi connectivity index (χ1v) is 8.98. The summed E-state index contributed by atoms with van der Waals surface area (Å²) in [5.41, 5.74) is 3.95. The van der Waals surface area contributed by atoms with Gasteiger partial charge in [0.25, 0.3) is 5.56 Å². The van der Waals surface area contributed by atoms with E-state index >= 15 is 0 Å². The van der Waals surface area contributed by atoms with Crippen LogP contribution in [0.1, 0.15) is 6.92 Å². The molecule has 0 atom stereocenters. The Kier molecular flexibility index (Phi) is 4.31. The molecule has 0 fully saturated rings. The van der Waals surface area contributed by atoms with Crippen molar-refractivity contribution in [3.05, 3.63) is 81.2 Å². The standard InChI is InChI=1S/C20H15Cl2N3O/c1-2-24-19(15-5-3-4-6-16(15)22)18(13-7-9-14(21)10-8-13)20-23-12-11-17(26)25(20)24/h3-12H,2H2,1H3. The van der Waals surface area contributed by atoms with Gasteiger partial charge in [0.15, 0.2) is 5.65 Å². The van der Waals surface area contributed by atoms with E-state index in [4.69, 9.17) is 23.2 Å². The first-order valence-electron chi connectivity index (χ1n) is 8.23. The lowest BCUT2D eigenvalue weighted by atomic mass is 10.0. The normalized spacial score (nSPS) is 11.2. The van der Waals surface area contributed by atoms with Crippen LogP contribution in [0.4, 0.5) is 0 Å². The van der Waals surface area contributed by atoms with Crippen LogP contribution in [-0.2, 0) is 6.54 Å². The Morgan fingerprint density at radius 3 is 2.42 bits per heavy atom. The van der Waals surface area contributed by atoms with Gasteiger partial charge in [0.05, 0.1) is 11.3 Å². The van der Waals surface area contributed by atoms with Crippen LogP contribution in [0.25, 0.3) is 28.0 Å². The minimum Gasteiger partial charge on any atom is -0.276 e. The Bertz CT molecular complexity index is 1160. The van der Waals surface area contributed by atoms with E-state index in [2.05, 4.69) is 4.98 Å². The largest absolute Gasteiger partial charge is 0.276 e. The number of aryl methyl sites for hydroxylation is 1. The van der Waals surface area contributed by atoms with Crippen molar-refractivity contribution in [2.45, 2.75) is 13.5 Å². The molecule has 2 aromatic heterocycles. The molecular weight excluding hydrogens is 369 g/mol. The highest BCUT2D eigenvalue weighted by Gasteiger charge is 2.22. The Labute approximate surface area is 160 Å². The predicted octanol–water partition coefficient (Wildman–Crippen LogP) is 5.16. The second kappa shape index (κ2) is 6.63. The molecule has 6 heteroatoms. The van der Waals surface area contributed by atoms with E-state index in [-0.39, 0.29) is 5.56 Å². The number of aromatic nitrogens is 3. The number of hydrogen-bond donors (Lipinski definition) is 0. The van der Waals surface area contributed by atoms with E-state index in [1.807, 2.05) is 60.1 Å². The van der Waals surface area contributed by atoms with E-state index in [1.165, 1.54) is 12.3 Å². The van der Waals surface area contributed by atoms with E-state index in [0.717, 1.165) is 22.4 Å². The predicted molar refractivity (Wildman–Crippen MR) is 106 cm³/mol. The molecule has 4 rings (SSSR count). The molecule has 2 aromatic carbocycles. The van der Waals surface area contributed by atoms with Crippen LogP contribution in [0.3, 0.4) is 0 Å². The topological polar surface area (TPSA) is 39.3 Å². The average Bonchev–Trinajstić information content (AvgIpc) is 2.98. The van der Waals surface area contributed by atoms with E-state index in [0.29, 0.717) is 22.2 Å². The number of fused-ring (bicyclic) bond motifs is 1. The van der Waals surface area contributed by atoms with Gasteiger partial charge in [0.2, 0.25) is 0 Å². The third-order valence-corrected chi connectivity index (χ3v) is 4.93. The summed E-state index contributed by atoms with van der Waals surface area (Å²) < 4.78 is 3.51. The zero-order valence-electron chi connectivity index (χ0n) is 14.0. The van der Waals surface area contributed by atoms with Gasteiger partial charge in [-0.3, -0.25) is 9.48 Å². The second-order valence-electron chi connectivity index (χ2n) is 5.84. The molecule has 2 heterocycles. The lowest BCUT2D eigenvalue weighted by Gasteiger charge is -2.11. The molecule has 26 heavy (non-hydrogen) atoms. The van der Waals surface area contributed by atoms with Crippen LogP contribution >= 0.6 is 23.2 Å². The molecular formula is C20H15Cl2N3O. The highest BCUT2D eigenvalue weighted by Crippen LogP contribution is 2.39. The van der Waals surface area contributed by atoms with Gasteiger partial charge in [0.1, 0.15) is 0 Å². The Morgan fingerprint density at radius 2 is 1.73 bits per heavy atom. The average molecular weight is 384 g/mol. The fourth-order valence-corrected chi connectivity index (χ4v) is 3.60. The third-order valence-electron chi connectivity index (χ3n) is 4.34. The van der Waals surface area contributed by atoms with Crippen LogP contribution in [0.5, 0.6) is 0 Å². The minimum absolute atomic E-state index is 0.134. The molecule has 0 aliphatic carbocycles. The molecule has 4 nitrogen and oxygen atoms in total. The molecule has 0 amide bonds. The van der Waals surface area contributed by atoms with Crippen LogP contribution in [0.15, 0.2) is 65.6 Å². The Balaban J connectivity index is 2.20. The molecule has 0 saturated heterocycles. The van der Waals surface area contributed by atoms with Gasteiger partial charge < -0.3 is 0 Å². The van der Waals surface area contributed by atoms with Crippen molar-refractivity contribution in [2.24, 2.45) is 0 Å². The highest BCUT2D eigenvalue weighted by molar-refractivity contribution is 6.33. The fourth-order valence-electron chi connectivity index (χ4n) is 3.25. The van der Waals surface area contributed by atoms with E-state index < -0.39 is 0 Å². The lowest BCUT2D eigenvalue weighted by Crippen LogP contribution is -2.20. The van der Waals surface area contributed by atoms with Crippen molar-refractivity contribution in [1.29, 1.82) is 0 Å². The van der Waals surface area contributed by atoms with Crippen molar-refractivity contribution in [1.82, 2.24) is 14.2 Å². The quantitative estimate of drug-likeness (QED) is 0.490. The first kappa shape index (κ1) is 16.9. The van der Waals surface area contributed by atoms with Crippen LogP contribution in [0.2, 0.25) is 10.0 Å². The molecule has 130 valence electrons. The zero-order chi connectivity index (χ0) is 18.3. The fraction of sp³-hybridized carbons (Fsp3) is 0.100. The van der Waals surface area contributed by atoms with Crippen molar-refractivity contribution in [2.75, 3.05) is 0 Å². The second-order valence-corrected chi connectivity index (χ2v) is 6.69. The summed E-state index contributed by atoms with van der Waals surface area (Å²) in [5, 5.41) is 1.27. The maximum Gasteiger partial charge on any atom is 0.272 e. The van der Waals surface area contributed by atoms with Crippen LogP contribution in [0, 0.1) is 0 Å². The van der Waals surface area contributed by atoms with E-state index in [9.17, 15) is 4.79 Å². The first-order chi connectivity index (χ1) is 12.6. The number of rotatable bonds is 3. The molecule has 0 N–H and O–H groups in total. The molecule has 0 aliphatic heterocycles.